The molecule has 2 rings (SSSR count). The maximum absolute atomic E-state index is 12.1. The number of hydrogen-bond donors (Lipinski definition) is 1. The van der Waals surface area contributed by atoms with Crippen LogP contribution in [0.5, 0.6) is 17.2 Å². The molecule has 1 N–H and O–H groups in total. The predicted octanol–water partition coefficient (Wildman–Crippen LogP) is 4.30. The van der Waals surface area contributed by atoms with Crippen molar-refractivity contribution in [1.29, 1.82) is 0 Å². The molecule has 1 amide bonds. The molecule has 7 heteroatoms. The zero-order valence-corrected chi connectivity index (χ0v) is 16.5. The minimum absolute atomic E-state index is 0.0136. The van der Waals surface area contributed by atoms with Crippen molar-refractivity contribution < 1.29 is 19.0 Å². The number of benzene rings is 2. The highest BCUT2D eigenvalue weighted by atomic mass is 35.5. The van der Waals surface area contributed by atoms with E-state index in [1.807, 2.05) is 13.8 Å². The molecule has 0 bridgehead atoms. The third-order valence-electron chi connectivity index (χ3n) is 3.88. The molecular weight excluding hydrogens is 368 g/mol. The number of nitrogens with zero attached hydrogens (tertiary/aromatic N) is 1. The largest absolute Gasteiger partial charge is 0.497 e. The molecule has 0 aliphatic heterocycles. The summed E-state index contributed by atoms with van der Waals surface area (Å²) in [5.74, 6) is 1.35. The molecule has 0 radical (unpaired) electrons. The van der Waals surface area contributed by atoms with Crippen LogP contribution >= 0.6 is 11.6 Å². The number of halogens is 1. The summed E-state index contributed by atoms with van der Waals surface area (Å²) in [6.45, 7) is 3.98. The molecule has 0 fully saturated rings. The molecule has 0 heterocycles. The van der Waals surface area contributed by atoms with E-state index in [9.17, 15) is 4.79 Å². The molecule has 27 heavy (non-hydrogen) atoms. The third kappa shape index (κ3) is 5.62. The van der Waals surface area contributed by atoms with Crippen molar-refractivity contribution in [3.63, 3.8) is 0 Å². The highest BCUT2D eigenvalue weighted by Gasteiger charge is 2.14. The van der Waals surface area contributed by atoms with Crippen LogP contribution in [0.25, 0.3) is 0 Å². The van der Waals surface area contributed by atoms with Gasteiger partial charge in [0.25, 0.3) is 5.91 Å². The van der Waals surface area contributed by atoms with Crippen LogP contribution in [0, 0.1) is 0 Å². The van der Waals surface area contributed by atoms with Crippen molar-refractivity contribution in [3.8, 4) is 17.2 Å². The fourth-order valence-electron chi connectivity index (χ4n) is 2.19. The monoisotopic (exact) mass is 390 g/mol. The molecule has 0 saturated heterocycles. The van der Waals surface area contributed by atoms with Crippen molar-refractivity contribution in [3.05, 3.63) is 52.5 Å². The van der Waals surface area contributed by atoms with E-state index in [1.54, 1.807) is 50.6 Å². The van der Waals surface area contributed by atoms with E-state index in [2.05, 4.69) is 10.5 Å². The Kier molecular flexibility index (Phi) is 7.49. The Morgan fingerprint density at radius 3 is 2.52 bits per heavy atom. The number of hydrogen-bond acceptors (Lipinski definition) is 5. The fourth-order valence-corrected chi connectivity index (χ4v) is 2.45. The lowest BCUT2D eigenvalue weighted by atomic mass is 10.2. The van der Waals surface area contributed by atoms with Gasteiger partial charge in [0.2, 0.25) is 0 Å². The Labute approximate surface area is 164 Å². The standard InChI is InChI=1S/C20H23ClN2O4/c1-5-13(2)27-19-17(21)10-14(11-18(19)26-4)12-22-23-20(24)15-6-8-16(25-3)9-7-15/h6-13H,5H2,1-4H3,(H,23,24)/b22-12-/t13-/m1/s1. The van der Waals surface area contributed by atoms with Gasteiger partial charge < -0.3 is 14.2 Å². The summed E-state index contributed by atoms with van der Waals surface area (Å²) in [7, 11) is 3.11. The molecule has 2 aromatic rings. The van der Waals surface area contributed by atoms with Crippen LogP contribution in [0.3, 0.4) is 0 Å². The lowest BCUT2D eigenvalue weighted by molar-refractivity contribution is 0.0955. The average molecular weight is 391 g/mol. The molecule has 0 spiro atoms. The van der Waals surface area contributed by atoms with E-state index in [-0.39, 0.29) is 12.0 Å². The van der Waals surface area contributed by atoms with Crippen LogP contribution < -0.4 is 19.6 Å². The minimum atomic E-state index is -0.330. The van der Waals surface area contributed by atoms with Crippen molar-refractivity contribution in [1.82, 2.24) is 5.43 Å². The first-order valence-corrected chi connectivity index (χ1v) is 8.87. The summed E-state index contributed by atoms with van der Waals surface area (Å²) >= 11 is 6.31. The zero-order chi connectivity index (χ0) is 19.8. The van der Waals surface area contributed by atoms with Crippen molar-refractivity contribution in [2.75, 3.05) is 14.2 Å². The van der Waals surface area contributed by atoms with Crippen LogP contribution in [-0.2, 0) is 0 Å². The normalized spacial score (nSPS) is 11.9. The first-order chi connectivity index (χ1) is 13.0. The summed E-state index contributed by atoms with van der Waals surface area (Å²) in [5, 5.41) is 4.39. The highest BCUT2D eigenvalue weighted by Crippen LogP contribution is 2.37. The minimum Gasteiger partial charge on any atom is -0.497 e. The summed E-state index contributed by atoms with van der Waals surface area (Å²) in [6, 6.07) is 10.2. The molecule has 144 valence electrons. The summed E-state index contributed by atoms with van der Waals surface area (Å²) in [4.78, 5) is 12.1. The van der Waals surface area contributed by atoms with Crippen molar-refractivity contribution in [2.24, 2.45) is 5.10 Å². The number of carbonyl (C=O) groups is 1. The Morgan fingerprint density at radius 2 is 1.93 bits per heavy atom. The molecule has 6 nitrogen and oxygen atoms in total. The smallest absolute Gasteiger partial charge is 0.271 e. The van der Waals surface area contributed by atoms with Crippen molar-refractivity contribution >= 4 is 23.7 Å². The first-order valence-electron chi connectivity index (χ1n) is 8.50. The molecule has 0 aromatic heterocycles. The van der Waals surface area contributed by atoms with E-state index in [1.165, 1.54) is 6.21 Å². The van der Waals surface area contributed by atoms with Crippen LogP contribution in [0.1, 0.15) is 36.2 Å². The second-order valence-electron chi connectivity index (χ2n) is 5.80. The Morgan fingerprint density at radius 1 is 1.22 bits per heavy atom. The number of carbonyl (C=O) groups excluding carboxylic acids is 1. The van der Waals surface area contributed by atoms with Gasteiger partial charge in [0.1, 0.15) is 5.75 Å². The fraction of sp³-hybridized carbons (Fsp3) is 0.300. The van der Waals surface area contributed by atoms with E-state index in [4.69, 9.17) is 25.8 Å². The van der Waals surface area contributed by atoms with Gasteiger partial charge in [-0.15, -0.1) is 0 Å². The molecule has 0 saturated carbocycles. The number of ether oxygens (including phenoxy) is 3. The van der Waals surface area contributed by atoms with Crippen LogP contribution in [0.4, 0.5) is 0 Å². The van der Waals surface area contributed by atoms with Gasteiger partial charge in [0.15, 0.2) is 11.5 Å². The van der Waals surface area contributed by atoms with E-state index in [0.29, 0.717) is 33.4 Å². The lowest BCUT2D eigenvalue weighted by Gasteiger charge is -2.17. The van der Waals surface area contributed by atoms with Crippen molar-refractivity contribution in [2.45, 2.75) is 26.4 Å². The SMILES string of the molecule is CC[C@@H](C)Oc1c(Cl)cc(/C=N\NC(=O)c2ccc(OC)cc2)cc1OC. The second kappa shape index (κ2) is 9.83. The second-order valence-corrected chi connectivity index (χ2v) is 6.21. The molecule has 1 atom stereocenters. The number of nitrogens with one attached hydrogen (secondary N) is 1. The number of amides is 1. The van der Waals surface area contributed by atoms with Gasteiger partial charge in [0.05, 0.1) is 31.6 Å². The molecule has 2 aromatic carbocycles. The number of methoxy groups -OCH3 is 2. The van der Waals surface area contributed by atoms with E-state index >= 15 is 0 Å². The Balaban J connectivity index is 2.09. The lowest BCUT2D eigenvalue weighted by Crippen LogP contribution is -2.17. The van der Waals surface area contributed by atoms with Gasteiger partial charge in [-0.25, -0.2) is 5.43 Å². The average Bonchev–Trinajstić information content (AvgIpc) is 2.69. The predicted molar refractivity (Wildman–Crippen MR) is 106 cm³/mol. The first kappa shape index (κ1) is 20.6. The summed E-state index contributed by atoms with van der Waals surface area (Å²) < 4.78 is 16.2. The molecular formula is C20H23ClN2O4. The summed E-state index contributed by atoms with van der Waals surface area (Å²) in [5.41, 5.74) is 3.62. The van der Waals surface area contributed by atoms with Crippen LogP contribution in [0.2, 0.25) is 5.02 Å². The Hall–Kier alpha value is -2.73. The van der Waals surface area contributed by atoms with Crippen LogP contribution in [0.15, 0.2) is 41.5 Å². The van der Waals surface area contributed by atoms with E-state index < -0.39 is 0 Å². The number of hydrazone groups is 1. The van der Waals surface area contributed by atoms with Gasteiger partial charge in [-0.2, -0.15) is 5.10 Å². The van der Waals surface area contributed by atoms with Gasteiger partial charge in [-0.3, -0.25) is 4.79 Å². The topological polar surface area (TPSA) is 69.2 Å². The number of rotatable bonds is 8. The third-order valence-corrected chi connectivity index (χ3v) is 4.16. The maximum Gasteiger partial charge on any atom is 0.271 e. The molecule has 0 unspecified atom stereocenters. The van der Waals surface area contributed by atoms with Gasteiger partial charge >= 0.3 is 0 Å². The van der Waals surface area contributed by atoms with Crippen LogP contribution in [-0.4, -0.2) is 32.4 Å². The van der Waals surface area contributed by atoms with Gasteiger partial charge in [-0.1, -0.05) is 18.5 Å². The quantitative estimate of drug-likeness (QED) is 0.539. The maximum atomic E-state index is 12.1. The zero-order valence-electron chi connectivity index (χ0n) is 15.8. The summed E-state index contributed by atoms with van der Waals surface area (Å²) in [6.07, 6.45) is 2.35. The molecule has 0 aliphatic rings. The molecule has 0 aliphatic carbocycles. The highest BCUT2D eigenvalue weighted by molar-refractivity contribution is 6.32. The van der Waals surface area contributed by atoms with E-state index in [0.717, 1.165) is 6.42 Å². The van der Waals surface area contributed by atoms with Gasteiger partial charge in [-0.05, 0) is 55.3 Å². The Bertz CT molecular complexity index is 806. The van der Waals surface area contributed by atoms with Gasteiger partial charge in [0, 0.05) is 5.56 Å².